The van der Waals surface area contributed by atoms with E-state index in [4.69, 9.17) is 0 Å². The van der Waals surface area contributed by atoms with Gasteiger partial charge in [0.25, 0.3) is 0 Å². The normalized spacial score (nSPS) is 11.9. The molecule has 0 spiro atoms. The molecule has 3 heteroatoms. The summed E-state index contributed by atoms with van der Waals surface area (Å²) in [6.45, 7) is 13.1. The second-order valence-corrected chi connectivity index (χ2v) is 6.73. The largest absolute Gasteiger partial charge is 0.372 e. The van der Waals surface area contributed by atoms with Crippen LogP contribution in [0.15, 0.2) is 53.9 Å². The Hall–Kier alpha value is -2.16. The van der Waals surface area contributed by atoms with Crippen molar-refractivity contribution in [3.8, 4) is 0 Å². The fourth-order valence-electron chi connectivity index (χ4n) is 2.49. The number of pyridine rings is 1. The number of hydrogen-bond donors (Lipinski definition) is 0. The van der Waals surface area contributed by atoms with Crippen LogP contribution in [0.3, 0.4) is 0 Å². The molecule has 0 saturated carbocycles. The zero-order chi connectivity index (χ0) is 16.9. The first-order valence-corrected chi connectivity index (χ1v) is 8.35. The lowest BCUT2D eigenvalue weighted by Gasteiger charge is -2.20. The zero-order valence-corrected chi connectivity index (χ0v) is 15.0. The number of hydrogen-bond acceptors (Lipinski definition) is 2. The first-order chi connectivity index (χ1) is 10.9. The molecule has 0 amide bonds. The van der Waals surface area contributed by atoms with Crippen molar-refractivity contribution in [1.82, 2.24) is 0 Å². The van der Waals surface area contributed by atoms with Crippen molar-refractivity contribution < 1.29 is 4.68 Å². The van der Waals surface area contributed by atoms with Crippen LogP contribution in [-0.2, 0) is 5.41 Å². The van der Waals surface area contributed by atoms with Crippen molar-refractivity contribution in [3.05, 3.63) is 59.9 Å². The molecule has 23 heavy (non-hydrogen) atoms. The molecular formula is C20H28N3+. The molecule has 1 heterocycles. The summed E-state index contributed by atoms with van der Waals surface area (Å²) in [6, 6.07) is 12.8. The smallest absolute Gasteiger partial charge is 0.202 e. The molecule has 0 fully saturated rings. The highest BCUT2D eigenvalue weighted by atomic mass is 15.3. The first kappa shape index (κ1) is 17.2. The van der Waals surface area contributed by atoms with Gasteiger partial charge in [-0.25, -0.2) is 0 Å². The van der Waals surface area contributed by atoms with Crippen molar-refractivity contribution in [2.45, 2.75) is 40.0 Å². The minimum atomic E-state index is 0.170. The Morgan fingerprint density at radius 1 is 0.957 bits per heavy atom. The number of nitrogens with zero attached hydrogens (tertiary/aromatic N) is 3. The highest BCUT2D eigenvalue weighted by Gasteiger charge is 2.14. The van der Waals surface area contributed by atoms with Crippen LogP contribution < -0.4 is 9.58 Å². The molecule has 0 unspecified atom stereocenters. The third kappa shape index (κ3) is 4.65. The van der Waals surface area contributed by atoms with Crippen molar-refractivity contribution in [2.24, 2.45) is 5.10 Å². The minimum absolute atomic E-state index is 0.170. The minimum Gasteiger partial charge on any atom is -0.372 e. The van der Waals surface area contributed by atoms with Crippen molar-refractivity contribution in [3.63, 3.8) is 0 Å². The van der Waals surface area contributed by atoms with Crippen LogP contribution in [0.2, 0.25) is 0 Å². The lowest BCUT2D eigenvalue weighted by Crippen LogP contribution is -2.27. The summed E-state index contributed by atoms with van der Waals surface area (Å²) in [5, 5.41) is 4.49. The molecule has 0 aliphatic rings. The summed E-state index contributed by atoms with van der Waals surface area (Å²) in [5.41, 5.74) is 3.85. The van der Waals surface area contributed by atoms with E-state index in [-0.39, 0.29) is 5.41 Å². The molecule has 122 valence electrons. The van der Waals surface area contributed by atoms with Gasteiger partial charge in [0.05, 0.1) is 0 Å². The number of anilines is 1. The average Bonchev–Trinajstić information content (AvgIpc) is 2.55. The summed E-state index contributed by atoms with van der Waals surface area (Å²) in [5.74, 6) is 0. The zero-order valence-electron chi connectivity index (χ0n) is 15.0. The standard InChI is InChI=1S/C20H28N3/c1-6-22(7-2)19-10-8-17(9-11-19)16-21-23-14-12-18(13-15-23)20(3,4)5/h8-16H,6-7H2,1-5H3/q+1/b21-16+. The van der Waals surface area contributed by atoms with Crippen LogP contribution in [-0.4, -0.2) is 19.3 Å². The average molecular weight is 310 g/mol. The van der Waals surface area contributed by atoms with E-state index < -0.39 is 0 Å². The Bertz CT molecular complexity index is 630. The third-order valence-electron chi connectivity index (χ3n) is 4.04. The Morgan fingerprint density at radius 2 is 1.52 bits per heavy atom. The topological polar surface area (TPSA) is 19.5 Å². The van der Waals surface area contributed by atoms with Crippen LogP contribution in [0.5, 0.6) is 0 Å². The second kappa shape index (κ2) is 7.40. The lowest BCUT2D eigenvalue weighted by molar-refractivity contribution is -0.678. The van der Waals surface area contributed by atoms with Crippen LogP contribution in [0, 0.1) is 0 Å². The SMILES string of the molecule is CCN(CC)c1ccc(/C=N/[n+]2ccc(C(C)(C)C)cc2)cc1. The van der Waals surface area contributed by atoms with Gasteiger partial charge in [0.15, 0.2) is 0 Å². The van der Waals surface area contributed by atoms with Crippen LogP contribution >= 0.6 is 0 Å². The molecule has 1 aromatic carbocycles. The van der Waals surface area contributed by atoms with E-state index in [1.165, 1.54) is 11.3 Å². The number of rotatable bonds is 5. The molecule has 3 nitrogen and oxygen atoms in total. The predicted octanol–water partition coefficient (Wildman–Crippen LogP) is 4.00. The summed E-state index contributed by atoms with van der Waals surface area (Å²) < 4.78 is 1.84. The second-order valence-electron chi connectivity index (χ2n) is 6.73. The van der Waals surface area contributed by atoms with Gasteiger partial charge in [0.1, 0.15) is 6.21 Å². The number of benzene rings is 1. The van der Waals surface area contributed by atoms with Gasteiger partial charge >= 0.3 is 0 Å². The van der Waals surface area contributed by atoms with Gasteiger partial charge in [0.2, 0.25) is 12.4 Å². The van der Waals surface area contributed by atoms with Crippen molar-refractivity contribution in [2.75, 3.05) is 18.0 Å². The lowest BCUT2D eigenvalue weighted by atomic mass is 9.88. The first-order valence-electron chi connectivity index (χ1n) is 8.35. The fourth-order valence-corrected chi connectivity index (χ4v) is 2.49. The summed E-state index contributed by atoms with van der Waals surface area (Å²) in [4.78, 5) is 2.33. The van der Waals surface area contributed by atoms with E-state index in [1.54, 1.807) is 0 Å². The molecule has 0 saturated heterocycles. The monoisotopic (exact) mass is 310 g/mol. The quantitative estimate of drug-likeness (QED) is 0.603. The molecule has 0 aliphatic carbocycles. The van der Waals surface area contributed by atoms with Gasteiger partial charge in [-0.1, -0.05) is 37.6 Å². The Balaban J connectivity index is 2.08. The van der Waals surface area contributed by atoms with Crippen molar-refractivity contribution >= 4 is 11.9 Å². The highest BCUT2D eigenvalue weighted by Crippen LogP contribution is 2.20. The van der Waals surface area contributed by atoms with Gasteiger partial charge in [-0.15, -0.1) is 0 Å². The highest BCUT2D eigenvalue weighted by molar-refractivity contribution is 5.79. The molecule has 0 N–H and O–H groups in total. The maximum absolute atomic E-state index is 4.49. The van der Waals surface area contributed by atoms with E-state index in [0.717, 1.165) is 18.7 Å². The van der Waals surface area contributed by atoms with E-state index in [1.807, 2.05) is 23.3 Å². The Morgan fingerprint density at radius 3 is 2.00 bits per heavy atom. The molecule has 2 rings (SSSR count). The Labute approximate surface area is 140 Å². The molecule has 2 aromatic rings. The van der Waals surface area contributed by atoms with E-state index in [0.29, 0.717) is 0 Å². The molecular weight excluding hydrogens is 282 g/mol. The van der Waals surface area contributed by atoms with E-state index in [2.05, 4.69) is 81.0 Å². The van der Waals surface area contributed by atoms with E-state index >= 15 is 0 Å². The molecule has 0 bridgehead atoms. The van der Waals surface area contributed by atoms with Crippen LogP contribution in [0.25, 0.3) is 0 Å². The maximum Gasteiger partial charge on any atom is 0.202 e. The molecule has 0 radical (unpaired) electrons. The van der Waals surface area contributed by atoms with Gasteiger partial charge in [-0.2, -0.15) is 0 Å². The van der Waals surface area contributed by atoms with E-state index in [9.17, 15) is 0 Å². The molecule has 0 aliphatic heterocycles. The maximum atomic E-state index is 4.49. The van der Waals surface area contributed by atoms with Crippen molar-refractivity contribution in [1.29, 1.82) is 0 Å². The van der Waals surface area contributed by atoms with Gasteiger partial charge < -0.3 is 4.90 Å². The van der Waals surface area contributed by atoms with Crippen LogP contribution in [0.4, 0.5) is 5.69 Å². The summed E-state index contributed by atoms with van der Waals surface area (Å²) in [7, 11) is 0. The van der Waals surface area contributed by atoms with Crippen LogP contribution in [0.1, 0.15) is 45.7 Å². The van der Waals surface area contributed by atoms with Gasteiger partial charge in [-0.3, -0.25) is 0 Å². The summed E-state index contributed by atoms with van der Waals surface area (Å²) >= 11 is 0. The van der Waals surface area contributed by atoms with Gasteiger partial charge in [0, 0.05) is 30.9 Å². The number of aromatic nitrogens is 1. The predicted molar refractivity (Wildman–Crippen MR) is 98.3 cm³/mol. The molecule has 1 aromatic heterocycles. The molecule has 0 atom stereocenters. The third-order valence-corrected chi connectivity index (χ3v) is 4.04. The Kier molecular flexibility index (Phi) is 5.54. The fraction of sp³-hybridized carbons (Fsp3) is 0.400. The summed E-state index contributed by atoms with van der Waals surface area (Å²) in [6.07, 6.45) is 5.89. The van der Waals surface area contributed by atoms with Gasteiger partial charge in [-0.05, 0) is 47.6 Å².